The minimum Gasteiger partial charge on any atom is -0.333 e. The Morgan fingerprint density at radius 1 is 1.21 bits per heavy atom. The zero-order valence-corrected chi connectivity index (χ0v) is 16.9. The quantitative estimate of drug-likeness (QED) is 0.522. The van der Waals surface area contributed by atoms with Gasteiger partial charge in [-0.2, -0.15) is 5.10 Å². The van der Waals surface area contributed by atoms with Crippen LogP contribution >= 0.6 is 0 Å². The van der Waals surface area contributed by atoms with E-state index in [0.717, 1.165) is 22.2 Å². The second-order valence-electron chi connectivity index (χ2n) is 7.24. The molecule has 1 atom stereocenters. The van der Waals surface area contributed by atoms with Crippen molar-refractivity contribution < 1.29 is 8.42 Å². The Morgan fingerprint density at radius 2 is 2.03 bits per heavy atom. The number of aromatic nitrogens is 2. The van der Waals surface area contributed by atoms with E-state index in [9.17, 15) is 8.42 Å². The number of anilines is 1. The largest absolute Gasteiger partial charge is 0.333 e. The fraction of sp³-hybridized carbons (Fsp3) is 0.200. The number of nitrogens with zero attached hydrogens (tertiary/aromatic N) is 2. The molecule has 0 spiro atoms. The molecule has 8 nitrogen and oxygen atoms in total. The lowest BCUT2D eigenvalue weighted by Crippen LogP contribution is -2.41. The Bertz CT molecular complexity index is 1240. The van der Waals surface area contributed by atoms with Crippen molar-refractivity contribution in [2.24, 2.45) is 10.7 Å². The van der Waals surface area contributed by atoms with Crippen LogP contribution in [0.4, 0.5) is 5.69 Å². The molecule has 0 radical (unpaired) electrons. The van der Waals surface area contributed by atoms with Gasteiger partial charge in [0.2, 0.25) is 5.96 Å². The van der Waals surface area contributed by atoms with Crippen molar-refractivity contribution in [3.8, 4) is 0 Å². The van der Waals surface area contributed by atoms with Crippen LogP contribution in [0.1, 0.15) is 16.8 Å². The molecule has 0 saturated carbocycles. The Labute approximate surface area is 168 Å². The van der Waals surface area contributed by atoms with Gasteiger partial charge in [-0.25, -0.2) is 13.4 Å². The van der Waals surface area contributed by atoms with Crippen LogP contribution in [0.5, 0.6) is 0 Å². The molecule has 2 aromatic carbocycles. The number of guanidine groups is 1. The van der Waals surface area contributed by atoms with E-state index in [-0.39, 0.29) is 5.75 Å². The predicted molar refractivity (Wildman–Crippen MR) is 115 cm³/mol. The van der Waals surface area contributed by atoms with E-state index in [2.05, 4.69) is 25.8 Å². The van der Waals surface area contributed by atoms with Gasteiger partial charge in [-0.3, -0.25) is 10.8 Å². The molecular weight excluding hydrogens is 388 g/mol. The van der Waals surface area contributed by atoms with Gasteiger partial charge in [0.1, 0.15) is 0 Å². The van der Waals surface area contributed by atoms with Gasteiger partial charge < -0.3 is 10.6 Å². The van der Waals surface area contributed by atoms with Crippen molar-refractivity contribution in [2.45, 2.75) is 18.3 Å². The molecule has 0 fully saturated rings. The highest BCUT2D eigenvalue weighted by Gasteiger charge is 2.27. The lowest BCUT2D eigenvalue weighted by molar-refractivity contribution is 0.583. The first kappa shape index (κ1) is 19.2. The van der Waals surface area contributed by atoms with Crippen molar-refractivity contribution in [3.05, 3.63) is 71.6 Å². The van der Waals surface area contributed by atoms with Gasteiger partial charge in [-0.15, -0.1) is 0 Å². The minimum absolute atomic E-state index is 0.0216. The first-order chi connectivity index (χ1) is 13.7. The summed E-state index contributed by atoms with van der Waals surface area (Å²) in [6, 6.07) is 13.0. The Kier molecular flexibility index (Phi) is 4.64. The molecule has 0 bridgehead atoms. The lowest BCUT2D eigenvalue weighted by Gasteiger charge is -2.27. The number of H-pyrrole nitrogens is 1. The third-order valence-corrected chi connectivity index (χ3v) is 5.54. The van der Waals surface area contributed by atoms with Gasteiger partial charge in [-0.1, -0.05) is 24.3 Å². The average Bonchev–Trinajstić information content (AvgIpc) is 3.01. The van der Waals surface area contributed by atoms with Gasteiger partial charge in [0, 0.05) is 34.8 Å². The minimum atomic E-state index is -3.11. The molecular formula is C20H22N6O2S. The van der Waals surface area contributed by atoms with Crippen LogP contribution in [0.3, 0.4) is 0 Å². The molecule has 2 heterocycles. The summed E-state index contributed by atoms with van der Waals surface area (Å²) in [5.74, 6) is 0.441. The number of sulfone groups is 1. The highest BCUT2D eigenvalue weighted by molar-refractivity contribution is 7.89. The van der Waals surface area contributed by atoms with E-state index < -0.39 is 15.5 Å². The van der Waals surface area contributed by atoms with Crippen molar-refractivity contribution >= 4 is 32.4 Å². The summed E-state index contributed by atoms with van der Waals surface area (Å²) >= 11 is 0. The molecule has 4 rings (SSSR count). The molecule has 1 aliphatic heterocycles. The fourth-order valence-electron chi connectivity index (χ4n) is 3.30. The Morgan fingerprint density at radius 3 is 2.83 bits per heavy atom. The highest BCUT2D eigenvalue weighted by Crippen LogP contribution is 2.27. The van der Waals surface area contributed by atoms with Crippen molar-refractivity contribution in [1.29, 1.82) is 0 Å². The van der Waals surface area contributed by atoms with E-state index in [4.69, 9.17) is 5.73 Å². The number of aliphatic imine (C=N–C) groups is 1. The molecule has 1 aliphatic rings. The normalized spacial score (nSPS) is 19.1. The maximum atomic E-state index is 11.5. The zero-order valence-electron chi connectivity index (χ0n) is 16.1. The smallest absolute Gasteiger partial charge is 0.202 e. The summed E-state index contributed by atoms with van der Waals surface area (Å²) < 4.78 is 23.1. The van der Waals surface area contributed by atoms with E-state index in [0.29, 0.717) is 17.2 Å². The second-order valence-corrected chi connectivity index (χ2v) is 9.38. The molecule has 150 valence electrons. The summed E-state index contributed by atoms with van der Waals surface area (Å²) in [7, 11) is -3.11. The van der Waals surface area contributed by atoms with Crippen LogP contribution in [0.15, 0.2) is 59.7 Å². The first-order valence-electron chi connectivity index (χ1n) is 9.04. The molecule has 3 aromatic rings. The standard InChI is InChI=1S/C20H22N6O2S/c1-13-17-7-6-15(11-18(17)26-25-13)20(21)8-9-22-19(24-20)23-16-5-3-4-14(10-16)12-29(2,27)28/h3-11H,12,21H2,1-2H3,(H,25,26)(H2,22,23,24). The van der Waals surface area contributed by atoms with Crippen LogP contribution < -0.4 is 16.4 Å². The van der Waals surface area contributed by atoms with Gasteiger partial charge in [0.05, 0.1) is 11.3 Å². The molecule has 0 aliphatic carbocycles. The van der Waals surface area contributed by atoms with Crippen molar-refractivity contribution in [2.75, 3.05) is 11.6 Å². The number of rotatable bonds is 4. The number of aromatic amines is 1. The fourth-order valence-corrected chi connectivity index (χ4v) is 4.09. The van der Waals surface area contributed by atoms with Crippen molar-refractivity contribution in [3.63, 3.8) is 0 Å². The predicted octanol–water partition coefficient (Wildman–Crippen LogP) is 2.11. The molecule has 1 unspecified atom stereocenters. The number of benzene rings is 2. The third kappa shape index (κ3) is 4.15. The molecule has 0 saturated heterocycles. The molecule has 29 heavy (non-hydrogen) atoms. The molecule has 1 aromatic heterocycles. The van der Waals surface area contributed by atoms with Crippen LogP contribution in [0, 0.1) is 6.92 Å². The second kappa shape index (κ2) is 7.02. The van der Waals surface area contributed by atoms with Crippen LogP contribution in [-0.2, 0) is 21.3 Å². The SMILES string of the molecule is Cc1[nH]nc2cc(C3(N)C=CNC(Nc4cccc(CS(C)(=O)=O)c4)=N3)ccc12. The van der Waals surface area contributed by atoms with Gasteiger partial charge in [0.25, 0.3) is 0 Å². The highest BCUT2D eigenvalue weighted by atomic mass is 32.2. The van der Waals surface area contributed by atoms with E-state index >= 15 is 0 Å². The Hall–Kier alpha value is -3.17. The van der Waals surface area contributed by atoms with Gasteiger partial charge >= 0.3 is 0 Å². The number of nitrogens with one attached hydrogen (secondary N) is 3. The number of hydrogen-bond donors (Lipinski definition) is 4. The van der Waals surface area contributed by atoms with Crippen LogP contribution in [0.2, 0.25) is 0 Å². The first-order valence-corrected chi connectivity index (χ1v) is 11.1. The van der Waals surface area contributed by atoms with Crippen LogP contribution in [0.25, 0.3) is 10.9 Å². The van der Waals surface area contributed by atoms with Crippen LogP contribution in [-0.4, -0.2) is 30.8 Å². The third-order valence-electron chi connectivity index (χ3n) is 4.68. The summed E-state index contributed by atoms with van der Waals surface area (Å²) in [5, 5.41) is 14.5. The van der Waals surface area contributed by atoms with Gasteiger partial charge in [0.15, 0.2) is 15.5 Å². The number of aryl methyl sites for hydroxylation is 1. The van der Waals surface area contributed by atoms with Crippen molar-refractivity contribution in [1.82, 2.24) is 15.5 Å². The van der Waals surface area contributed by atoms with E-state index in [1.165, 1.54) is 6.26 Å². The van der Waals surface area contributed by atoms with E-state index in [1.807, 2.05) is 31.2 Å². The number of fused-ring (bicyclic) bond motifs is 1. The maximum Gasteiger partial charge on any atom is 0.202 e. The number of hydrogen-bond acceptors (Lipinski definition) is 7. The Balaban J connectivity index is 1.61. The summed E-state index contributed by atoms with van der Waals surface area (Å²) in [4.78, 5) is 4.63. The summed E-state index contributed by atoms with van der Waals surface area (Å²) in [5.41, 5.74) is 9.55. The molecule has 0 amide bonds. The average molecular weight is 411 g/mol. The molecule has 9 heteroatoms. The number of nitrogens with two attached hydrogens (primary N) is 1. The summed E-state index contributed by atoms with van der Waals surface area (Å²) in [6.07, 6.45) is 4.72. The van der Waals surface area contributed by atoms with Gasteiger partial charge in [-0.05, 0) is 36.8 Å². The molecule has 5 N–H and O–H groups in total. The zero-order chi connectivity index (χ0) is 20.6. The lowest BCUT2D eigenvalue weighted by atomic mass is 9.98. The monoisotopic (exact) mass is 410 g/mol. The van der Waals surface area contributed by atoms with E-state index in [1.54, 1.807) is 30.5 Å². The summed E-state index contributed by atoms with van der Waals surface area (Å²) in [6.45, 7) is 1.97. The topological polar surface area (TPSA) is 125 Å². The maximum absolute atomic E-state index is 11.5.